The summed E-state index contributed by atoms with van der Waals surface area (Å²) in [6.45, 7) is 3.46. The third kappa shape index (κ3) is 2.42. The van der Waals surface area contributed by atoms with Gasteiger partial charge in [0, 0.05) is 6.08 Å². The molecule has 2 saturated carbocycles. The van der Waals surface area contributed by atoms with Crippen LogP contribution in [0.1, 0.15) is 44.9 Å². The minimum Gasteiger partial charge on any atom is -0.459 e. The highest BCUT2D eigenvalue weighted by Gasteiger charge is 2.36. The highest BCUT2D eigenvalue weighted by molar-refractivity contribution is 5.81. The molecule has 2 aliphatic carbocycles. The van der Waals surface area contributed by atoms with Gasteiger partial charge in [-0.25, -0.2) is 4.79 Å². The molecule has 0 amide bonds. The smallest absolute Gasteiger partial charge is 0.330 e. The summed E-state index contributed by atoms with van der Waals surface area (Å²) in [6.07, 6.45) is 10.3. The van der Waals surface area contributed by atoms with E-state index < -0.39 is 0 Å². The number of carbonyl (C=O) groups is 1. The standard InChI is InChI=1S/C13H20O2/c1-2-13(14)15-12-9-5-7-10-6-3-4-8-11(10)12/h2,10-12H,1,3-9H2. The predicted octanol–water partition coefficient (Wildman–Crippen LogP) is 3.07. The van der Waals surface area contributed by atoms with Gasteiger partial charge in [-0.05, 0) is 37.5 Å². The van der Waals surface area contributed by atoms with Crippen LogP contribution in [0.3, 0.4) is 0 Å². The average molecular weight is 208 g/mol. The molecule has 2 aliphatic rings. The maximum atomic E-state index is 11.2. The van der Waals surface area contributed by atoms with Crippen LogP contribution in [0.4, 0.5) is 0 Å². The van der Waals surface area contributed by atoms with E-state index in [1.54, 1.807) is 0 Å². The second-order valence-corrected chi connectivity index (χ2v) is 4.82. The zero-order valence-electron chi connectivity index (χ0n) is 9.28. The van der Waals surface area contributed by atoms with Crippen LogP contribution in [-0.2, 0) is 9.53 Å². The number of ether oxygens (including phenoxy) is 1. The third-order valence-corrected chi connectivity index (χ3v) is 3.94. The minimum absolute atomic E-state index is 0.176. The van der Waals surface area contributed by atoms with Gasteiger partial charge in [0.25, 0.3) is 0 Å². The van der Waals surface area contributed by atoms with Crippen molar-refractivity contribution < 1.29 is 9.53 Å². The van der Waals surface area contributed by atoms with Crippen LogP contribution < -0.4 is 0 Å². The maximum absolute atomic E-state index is 11.2. The Hall–Kier alpha value is -0.790. The van der Waals surface area contributed by atoms with Crippen molar-refractivity contribution in [1.29, 1.82) is 0 Å². The third-order valence-electron chi connectivity index (χ3n) is 3.94. The fraction of sp³-hybridized carbons (Fsp3) is 0.769. The molecular weight excluding hydrogens is 188 g/mol. The van der Waals surface area contributed by atoms with Gasteiger partial charge >= 0.3 is 5.97 Å². The highest BCUT2D eigenvalue weighted by atomic mass is 16.5. The Bertz CT molecular complexity index is 245. The number of rotatable bonds is 2. The van der Waals surface area contributed by atoms with Crippen LogP contribution in [0.5, 0.6) is 0 Å². The predicted molar refractivity (Wildman–Crippen MR) is 59.4 cm³/mol. The van der Waals surface area contributed by atoms with Gasteiger partial charge in [0.05, 0.1) is 0 Å². The summed E-state index contributed by atoms with van der Waals surface area (Å²) in [7, 11) is 0. The molecule has 2 nitrogen and oxygen atoms in total. The molecule has 15 heavy (non-hydrogen) atoms. The van der Waals surface area contributed by atoms with E-state index in [0.29, 0.717) is 5.92 Å². The molecule has 0 aliphatic heterocycles. The Morgan fingerprint density at radius 2 is 1.87 bits per heavy atom. The van der Waals surface area contributed by atoms with Crippen molar-refractivity contribution in [2.45, 2.75) is 51.0 Å². The normalized spacial score (nSPS) is 35.3. The first kappa shape index (κ1) is 10.7. The summed E-state index contributed by atoms with van der Waals surface area (Å²) >= 11 is 0. The van der Waals surface area contributed by atoms with Crippen LogP contribution in [0, 0.1) is 11.8 Å². The van der Waals surface area contributed by atoms with Gasteiger partial charge in [0.1, 0.15) is 6.10 Å². The van der Waals surface area contributed by atoms with Crippen LogP contribution in [0.2, 0.25) is 0 Å². The van der Waals surface area contributed by atoms with E-state index in [4.69, 9.17) is 4.74 Å². The molecule has 2 fully saturated rings. The largest absolute Gasteiger partial charge is 0.459 e. The van der Waals surface area contributed by atoms with Crippen molar-refractivity contribution in [2.24, 2.45) is 11.8 Å². The molecule has 0 saturated heterocycles. The molecule has 0 aromatic rings. The summed E-state index contributed by atoms with van der Waals surface area (Å²) in [5.41, 5.74) is 0. The Kier molecular flexibility index (Phi) is 3.45. The second-order valence-electron chi connectivity index (χ2n) is 4.82. The Morgan fingerprint density at radius 3 is 2.67 bits per heavy atom. The molecule has 0 aromatic heterocycles. The number of fused-ring (bicyclic) bond motifs is 1. The minimum atomic E-state index is -0.244. The quantitative estimate of drug-likeness (QED) is 0.515. The van der Waals surface area contributed by atoms with Crippen molar-refractivity contribution in [3.8, 4) is 0 Å². The lowest BCUT2D eigenvalue weighted by Gasteiger charge is -2.40. The lowest BCUT2D eigenvalue weighted by Crippen LogP contribution is -2.37. The van der Waals surface area contributed by atoms with E-state index in [0.717, 1.165) is 12.3 Å². The van der Waals surface area contributed by atoms with Gasteiger partial charge in [-0.1, -0.05) is 25.8 Å². The zero-order chi connectivity index (χ0) is 10.7. The maximum Gasteiger partial charge on any atom is 0.330 e. The van der Waals surface area contributed by atoms with Crippen LogP contribution in [0.25, 0.3) is 0 Å². The number of carbonyl (C=O) groups excluding carboxylic acids is 1. The summed E-state index contributed by atoms with van der Waals surface area (Å²) < 4.78 is 5.45. The Labute approximate surface area is 91.7 Å². The molecule has 2 rings (SSSR count). The molecule has 3 atom stereocenters. The fourth-order valence-corrected chi connectivity index (χ4v) is 3.22. The molecular formula is C13H20O2. The molecule has 84 valence electrons. The molecule has 0 aromatic carbocycles. The SMILES string of the molecule is C=CC(=O)OC1CCCC2CCCCC21. The van der Waals surface area contributed by atoms with E-state index in [9.17, 15) is 4.79 Å². The Balaban J connectivity index is 1.97. The van der Waals surface area contributed by atoms with Crippen LogP contribution >= 0.6 is 0 Å². The van der Waals surface area contributed by atoms with Gasteiger partial charge in [0.2, 0.25) is 0 Å². The molecule has 0 heterocycles. The van der Waals surface area contributed by atoms with E-state index in [1.165, 1.54) is 44.6 Å². The summed E-state index contributed by atoms with van der Waals surface area (Å²) in [6, 6.07) is 0. The zero-order valence-corrected chi connectivity index (χ0v) is 9.28. The molecule has 0 N–H and O–H groups in total. The van der Waals surface area contributed by atoms with Gasteiger partial charge in [-0.15, -0.1) is 0 Å². The topological polar surface area (TPSA) is 26.3 Å². The van der Waals surface area contributed by atoms with Crippen molar-refractivity contribution in [3.63, 3.8) is 0 Å². The fourth-order valence-electron chi connectivity index (χ4n) is 3.22. The van der Waals surface area contributed by atoms with Crippen molar-refractivity contribution in [2.75, 3.05) is 0 Å². The number of hydrogen-bond donors (Lipinski definition) is 0. The molecule has 0 spiro atoms. The van der Waals surface area contributed by atoms with E-state index in [2.05, 4.69) is 6.58 Å². The molecule has 3 unspecified atom stereocenters. The first-order valence-electron chi connectivity index (χ1n) is 6.14. The number of hydrogen-bond acceptors (Lipinski definition) is 2. The average Bonchev–Trinajstić information content (AvgIpc) is 2.29. The monoisotopic (exact) mass is 208 g/mol. The summed E-state index contributed by atoms with van der Waals surface area (Å²) in [4.78, 5) is 11.2. The van der Waals surface area contributed by atoms with Gasteiger partial charge in [-0.2, -0.15) is 0 Å². The second kappa shape index (κ2) is 4.82. The molecule has 0 radical (unpaired) electrons. The van der Waals surface area contributed by atoms with Crippen molar-refractivity contribution >= 4 is 5.97 Å². The molecule has 0 bridgehead atoms. The first-order valence-corrected chi connectivity index (χ1v) is 6.14. The van der Waals surface area contributed by atoms with E-state index in [-0.39, 0.29) is 12.1 Å². The van der Waals surface area contributed by atoms with Crippen LogP contribution in [-0.4, -0.2) is 12.1 Å². The van der Waals surface area contributed by atoms with Crippen LogP contribution in [0.15, 0.2) is 12.7 Å². The van der Waals surface area contributed by atoms with E-state index >= 15 is 0 Å². The lowest BCUT2D eigenvalue weighted by atomic mass is 9.69. The summed E-state index contributed by atoms with van der Waals surface area (Å²) in [5.74, 6) is 1.21. The molecule has 2 heteroatoms. The first-order chi connectivity index (χ1) is 7.31. The highest BCUT2D eigenvalue weighted by Crippen LogP contribution is 2.41. The van der Waals surface area contributed by atoms with Gasteiger partial charge < -0.3 is 4.74 Å². The van der Waals surface area contributed by atoms with Gasteiger partial charge in [0.15, 0.2) is 0 Å². The lowest BCUT2D eigenvalue weighted by molar-refractivity contribution is -0.150. The van der Waals surface area contributed by atoms with Gasteiger partial charge in [-0.3, -0.25) is 0 Å². The number of esters is 1. The van der Waals surface area contributed by atoms with E-state index in [1.807, 2.05) is 0 Å². The Morgan fingerprint density at radius 1 is 1.13 bits per heavy atom. The van der Waals surface area contributed by atoms with Crippen molar-refractivity contribution in [1.82, 2.24) is 0 Å². The van der Waals surface area contributed by atoms with Crippen molar-refractivity contribution in [3.05, 3.63) is 12.7 Å². The summed E-state index contributed by atoms with van der Waals surface area (Å²) in [5, 5.41) is 0.